The van der Waals surface area contributed by atoms with Gasteiger partial charge in [-0.1, -0.05) is 30.2 Å². The molecule has 27 heavy (non-hydrogen) atoms. The van der Waals surface area contributed by atoms with Gasteiger partial charge in [0.2, 0.25) is 0 Å². The van der Waals surface area contributed by atoms with Crippen LogP contribution in [0.5, 0.6) is 5.75 Å². The Kier molecular flexibility index (Phi) is 7.31. The standard InChI is InChI=1S/C19H23ClO5S2/c1-25-17-10-6-15(7-11-17)19(5-3-4-14-26(2,21)22)27(23,24)18-12-8-16(20)9-13-18/h6-13,19H,3-5,14H2,1-2H3. The van der Waals surface area contributed by atoms with E-state index >= 15 is 0 Å². The lowest BCUT2D eigenvalue weighted by Crippen LogP contribution is -2.15. The Morgan fingerprint density at radius 1 is 0.926 bits per heavy atom. The van der Waals surface area contributed by atoms with Crippen LogP contribution >= 0.6 is 11.6 Å². The molecule has 0 bridgehead atoms. The van der Waals surface area contributed by atoms with E-state index in [2.05, 4.69) is 0 Å². The molecule has 1 atom stereocenters. The quantitative estimate of drug-likeness (QED) is 0.560. The largest absolute Gasteiger partial charge is 0.497 e. The Labute approximate surface area is 166 Å². The third kappa shape index (κ3) is 6.23. The molecular formula is C19H23ClO5S2. The van der Waals surface area contributed by atoms with Gasteiger partial charge in [-0.25, -0.2) is 16.8 Å². The van der Waals surface area contributed by atoms with Crippen molar-refractivity contribution in [2.24, 2.45) is 0 Å². The van der Waals surface area contributed by atoms with Crippen molar-refractivity contribution in [2.75, 3.05) is 19.1 Å². The zero-order valence-corrected chi connectivity index (χ0v) is 17.6. The maximum atomic E-state index is 13.2. The van der Waals surface area contributed by atoms with E-state index in [-0.39, 0.29) is 10.6 Å². The molecule has 0 aliphatic heterocycles. The lowest BCUT2D eigenvalue weighted by atomic mass is 10.1. The van der Waals surface area contributed by atoms with Gasteiger partial charge in [-0.3, -0.25) is 0 Å². The van der Waals surface area contributed by atoms with Crippen LogP contribution in [0, 0.1) is 0 Å². The molecule has 0 saturated carbocycles. The predicted molar refractivity (Wildman–Crippen MR) is 108 cm³/mol. The van der Waals surface area contributed by atoms with E-state index in [0.29, 0.717) is 35.6 Å². The Morgan fingerprint density at radius 2 is 1.52 bits per heavy atom. The van der Waals surface area contributed by atoms with Gasteiger partial charge in [0.05, 0.1) is 17.3 Å². The molecule has 8 heteroatoms. The monoisotopic (exact) mass is 430 g/mol. The van der Waals surface area contributed by atoms with Gasteiger partial charge in [0, 0.05) is 17.0 Å². The molecule has 1 unspecified atom stereocenters. The average molecular weight is 431 g/mol. The van der Waals surface area contributed by atoms with Crippen molar-refractivity contribution in [3.05, 3.63) is 59.1 Å². The fraction of sp³-hybridized carbons (Fsp3) is 0.368. The molecule has 5 nitrogen and oxygen atoms in total. The molecule has 0 spiro atoms. The smallest absolute Gasteiger partial charge is 0.185 e. The molecule has 2 rings (SSSR count). The van der Waals surface area contributed by atoms with Crippen LogP contribution in [-0.2, 0) is 19.7 Å². The van der Waals surface area contributed by atoms with Crippen molar-refractivity contribution >= 4 is 31.3 Å². The first-order chi connectivity index (χ1) is 12.6. The summed E-state index contributed by atoms with van der Waals surface area (Å²) in [6.07, 6.45) is 2.41. The van der Waals surface area contributed by atoms with Crippen LogP contribution in [0.1, 0.15) is 30.1 Å². The van der Waals surface area contributed by atoms with E-state index < -0.39 is 24.9 Å². The molecule has 0 fully saturated rings. The maximum Gasteiger partial charge on any atom is 0.185 e. The summed E-state index contributed by atoms with van der Waals surface area (Å²) < 4.78 is 54.2. The fourth-order valence-electron chi connectivity index (χ4n) is 2.80. The molecule has 0 aromatic heterocycles. The highest BCUT2D eigenvalue weighted by Crippen LogP contribution is 2.34. The first-order valence-electron chi connectivity index (χ1n) is 8.44. The highest BCUT2D eigenvalue weighted by molar-refractivity contribution is 7.91. The third-order valence-corrected chi connectivity index (χ3v) is 7.70. The van der Waals surface area contributed by atoms with Gasteiger partial charge in [0.25, 0.3) is 0 Å². The van der Waals surface area contributed by atoms with E-state index in [4.69, 9.17) is 16.3 Å². The lowest BCUT2D eigenvalue weighted by molar-refractivity contribution is 0.414. The molecule has 0 N–H and O–H groups in total. The number of benzene rings is 2. The molecule has 0 radical (unpaired) electrons. The summed E-state index contributed by atoms with van der Waals surface area (Å²) in [6.45, 7) is 0. The van der Waals surface area contributed by atoms with Gasteiger partial charge in [-0.2, -0.15) is 0 Å². The number of ether oxygens (including phenoxy) is 1. The van der Waals surface area contributed by atoms with Gasteiger partial charge < -0.3 is 4.74 Å². The number of hydrogen-bond acceptors (Lipinski definition) is 5. The number of hydrogen-bond donors (Lipinski definition) is 0. The van der Waals surface area contributed by atoms with Gasteiger partial charge in [-0.15, -0.1) is 0 Å². The van der Waals surface area contributed by atoms with E-state index in [0.717, 1.165) is 0 Å². The molecule has 2 aromatic carbocycles. The minimum absolute atomic E-state index is 0.0450. The van der Waals surface area contributed by atoms with Crippen molar-refractivity contribution in [1.82, 2.24) is 0 Å². The maximum absolute atomic E-state index is 13.2. The third-order valence-electron chi connectivity index (χ3n) is 4.24. The Morgan fingerprint density at radius 3 is 2.04 bits per heavy atom. The van der Waals surface area contributed by atoms with Gasteiger partial charge in [0.15, 0.2) is 9.84 Å². The fourth-order valence-corrected chi connectivity index (χ4v) is 5.49. The summed E-state index contributed by atoms with van der Waals surface area (Å²) in [4.78, 5) is 0.191. The van der Waals surface area contributed by atoms with E-state index in [1.54, 1.807) is 43.5 Å². The second-order valence-electron chi connectivity index (χ2n) is 6.39. The lowest BCUT2D eigenvalue weighted by Gasteiger charge is -2.19. The first kappa shape index (κ1) is 21.7. The summed E-state index contributed by atoms with van der Waals surface area (Å²) in [5, 5.41) is -0.313. The predicted octanol–water partition coefficient (Wildman–Crippen LogP) is 4.08. The molecule has 0 saturated heterocycles. The second-order valence-corrected chi connectivity index (χ2v) is 11.2. The minimum Gasteiger partial charge on any atom is -0.497 e. The molecule has 0 amide bonds. The van der Waals surface area contributed by atoms with Crippen molar-refractivity contribution in [3.63, 3.8) is 0 Å². The Balaban J connectivity index is 2.31. The van der Waals surface area contributed by atoms with Crippen LogP contribution in [0.4, 0.5) is 0 Å². The van der Waals surface area contributed by atoms with Crippen LogP contribution < -0.4 is 4.74 Å². The van der Waals surface area contributed by atoms with Crippen molar-refractivity contribution in [3.8, 4) is 5.75 Å². The Bertz CT molecular complexity index is 950. The van der Waals surface area contributed by atoms with E-state index in [1.807, 2.05) is 0 Å². The summed E-state index contributed by atoms with van der Waals surface area (Å²) in [5.41, 5.74) is 0.644. The van der Waals surface area contributed by atoms with Crippen LogP contribution in [0.3, 0.4) is 0 Å². The number of halogens is 1. The molecule has 2 aromatic rings. The van der Waals surface area contributed by atoms with Crippen LogP contribution in [-0.4, -0.2) is 36.0 Å². The highest BCUT2D eigenvalue weighted by Gasteiger charge is 2.29. The first-order valence-corrected chi connectivity index (χ1v) is 12.4. The highest BCUT2D eigenvalue weighted by atomic mass is 35.5. The zero-order chi connectivity index (χ0) is 20.1. The molecule has 0 aliphatic carbocycles. The van der Waals surface area contributed by atoms with E-state index in [1.165, 1.54) is 18.4 Å². The average Bonchev–Trinajstić information content (AvgIpc) is 2.61. The SMILES string of the molecule is COc1ccc(C(CCCCS(C)(=O)=O)S(=O)(=O)c2ccc(Cl)cc2)cc1. The minimum atomic E-state index is -3.66. The number of unbranched alkanes of at least 4 members (excludes halogenated alkanes) is 1. The van der Waals surface area contributed by atoms with Crippen molar-refractivity contribution < 1.29 is 21.6 Å². The van der Waals surface area contributed by atoms with Crippen molar-refractivity contribution in [2.45, 2.75) is 29.4 Å². The van der Waals surface area contributed by atoms with Crippen LogP contribution in [0.25, 0.3) is 0 Å². The summed E-state index contributed by atoms with van der Waals surface area (Å²) in [7, 11) is -5.18. The van der Waals surface area contributed by atoms with Crippen LogP contribution in [0.2, 0.25) is 5.02 Å². The molecule has 0 aliphatic rings. The Hall–Kier alpha value is -1.57. The number of sulfone groups is 2. The van der Waals surface area contributed by atoms with Gasteiger partial charge in [0.1, 0.15) is 15.6 Å². The normalized spacial score (nSPS) is 13.3. The molecule has 0 heterocycles. The summed E-state index contributed by atoms with van der Waals surface area (Å²) >= 11 is 5.87. The summed E-state index contributed by atoms with van der Waals surface area (Å²) in [5.74, 6) is 0.682. The van der Waals surface area contributed by atoms with Crippen LogP contribution in [0.15, 0.2) is 53.4 Å². The second kappa shape index (κ2) is 9.08. The molecule has 148 valence electrons. The number of methoxy groups -OCH3 is 1. The van der Waals surface area contributed by atoms with Crippen molar-refractivity contribution in [1.29, 1.82) is 0 Å². The van der Waals surface area contributed by atoms with E-state index in [9.17, 15) is 16.8 Å². The topological polar surface area (TPSA) is 77.5 Å². The zero-order valence-electron chi connectivity index (χ0n) is 15.3. The van der Waals surface area contributed by atoms with Gasteiger partial charge in [-0.05, 0) is 54.8 Å². The molecular weight excluding hydrogens is 408 g/mol. The van der Waals surface area contributed by atoms with Gasteiger partial charge >= 0.3 is 0 Å². The number of rotatable bonds is 9. The summed E-state index contributed by atoms with van der Waals surface area (Å²) in [6, 6.07) is 13.0.